The predicted octanol–water partition coefficient (Wildman–Crippen LogP) is 5.07. The van der Waals surface area contributed by atoms with Crippen molar-refractivity contribution in [1.82, 2.24) is 5.32 Å². The first-order valence-corrected chi connectivity index (χ1v) is 7.70. The van der Waals surface area contributed by atoms with Crippen molar-refractivity contribution in [3.05, 3.63) is 58.6 Å². The van der Waals surface area contributed by atoms with Crippen molar-refractivity contribution in [1.29, 1.82) is 0 Å². The van der Waals surface area contributed by atoms with Crippen molar-refractivity contribution >= 4 is 11.6 Å². The van der Waals surface area contributed by atoms with Crippen LogP contribution in [0.1, 0.15) is 31.4 Å². The maximum absolute atomic E-state index is 6.42. The van der Waals surface area contributed by atoms with Gasteiger partial charge in [0.05, 0.1) is 0 Å². The lowest BCUT2D eigenvalue weighted by Gasteiger charge is -2.09. The first-order valence-electron chi connectivity index (χ1n) is 7.33. The summed E-state index contributed by atoms with van der Waals surface area (Å²) in [6, 6.07) is 15.0. The summed E-state index contributed by atoms with van der Waals surface area (Å²) in [5, 5.41) is 4.14. The molecule has 20 heavy (non-hydrogen) atoms. The van der Waals surface area contributed by atoms with Gasteiger partial charge in [0.1, 0.15) is 0 Å². The molecule has 2 aromatic rings. The van der Waals surface area contributed by atoms with Gasteiger partial charge in [-0.2, -0.15) is 0 Å². The first kappa shape index (κ1) is 15.1. The average Bonchev–Trinajstić information content (AvgIpc) is 2.47. The van der Waals surface area contributed by atoms with Crippen LogP contribution in [0.2, 0.25) is 5.02 Å². The zero-order valence-corrected chi connectivity index (χ0v) is 13.0. The molecule has 0 saturated heterocycles. The second kappa shape index (κ2) is 7.47. The van der Waals surface area contributed by atoms with Gasteiger partial charge < -0.3 is 5.32 Å². The second-order valence-corrected chi connectivity index (χ2v) is 5.45. The third-order valence-electron chi connectivity index (χ3n) is 3.42. The number of hydrogen-bond acceptors (Lipinski definition) is 1. The minimum atomic E-state index is 0.823. The predicted molar refractivity (Wildman–Crippen MR) is 88.3 cm³/mol. The lowest BCUT2D eigenvalue weighted by Crippen LogP contribution is -2.11. The molecule has 0 aliphatic heterocycles. The van der Waals surface area contributed by atoms with Gasteiger partial charge in [0, 0.05) is 17.1 Å². The van der Waals surface area contributed by atoms with Crippen molar-refractivity contribution in [2.45, 2.75) is 33.2 Å². The number of benzene rings is 2. The summed E-state index contributed by atoms with van der Waals surface area (Å²) >= 11 is 6.42. The molecule has 0 amide bonds. The molecule has 0 aliphatic carbocycles. The summed E-state index contributed by atoms with van der Waals surface area (Å²) in [6.07, 6.45) is 2.31. The molecule has 2 aromatic carbocycles. The van der Waals surface area contributed by atoms with Gasteiger partial charge in [0.15, 0.2) is 0 Å². The summed E-state index contributed by atoms with van der Waals surface area (Å²) in [5.74, 6) is 0. The lowest BCUT2D eigenvalue weighted by molar-refractivity contribution is 0.727. The summed E-state index contributed by atoms with van der Waals surface area (Å²) < 4.78 is 0. The highest BCUT2D eigenvalue weighted by molar-refractivity contribution is 6.33. The Hall–Kier alpha value is -1.31. The average molecular weight is 288 g/mol. The van der Waals surface area contributed by atoms with Crippen molar-refractivity contribution in [3.63, 3.8) is 0 Å². The Morgan fingerprint density at radius 2 is 1.65 bits per heavy atom. The van der Waals surface area contributed by atoms with E-state index < -0.39 is 0 Å². The third-order valence-corrected chi connectivity index (χ3v) is 3.73. The van der Waals surface area contributed by atoms with Crippen LogP contribution in [-0.4, -0.2) is 6.54 Å². The minimum absolute atomic E-state index is 0.823. The van der Waals surface area contributed by atoms with Crippen molar-refractivity contribution in [3.8, 4) is 11.1 Å². The molecule has 1 N–H and O–H groups in total. The van der Waals surface area contributed by atoms with Crippen LogP contribution >= 0.6 is 11.6 Å². The zero-order chi connectivity index (χ0) is 14.4. The van der Waals surface area contributed by atoms with Crippen LogP contribution in [0, 0.1) is 0 Å². The Morgan fingerprint density at radius 1 is 0.950 bits per heavy atom. The Bertz CT molecular complexity index is 546. The molecule has 1 nitrogen and oxygen atoms in total. The third kappa shape index (κ3) is 3.84. The fourth-order valence-electron chi connectivity index (χ4n) is 2.31. The van der Waals surface area contributed by atoms with E-state index in [1.165, 1.54) is 23.1 Å². The van der Waals surface area contributed by atoms with Gasteiger partial charge in [-0.05, 0) is 35.7 Å². The van der Waals surface area contributed by atoms with Crippen LogP contribution in [0.4, 0.5) is 0 Å². The number of halogens is 1. The van der Waals surface area contributed by atoms with E-state index >= 15 is 0 Å². The van der Waals surface area contributed by atoms with Crippen LogP contribution in [-0.2, 0) is 13.0 Å². The Balaban J connectivity index is 2.19. The molecule has 0 spiro atoms. The molecule has 2 heteroatoms. The molecule has 0 fully saturated rings. The molecule has 0 unspecified atom stereocenters. The molecule has 0 aromatic heterocycles. The van der Waals surface area contributed by atoms with E-state index in [4.69, 9.17) is 11.6 Å². The number of hydrogen-bond donors (Lipinski definition) is 1. The minimum Gasteiger partial charge on any atom is -0.313 e. The summed E-state index contributed by atoms with van der Waals surface area (Å²) in [5.41, 5.74) is 4.90. The van der Waals surface area contributed by atoms with Gasteiger partial charge in [0.2, 0.25) is 0 Å². The van der Waals surface area contributed by atoms with Gasteiger partial charge in [0.25, 0.3) is 0 Å². The maximum atomic E-state index is 6.42. The molecule has 0 saturated carbocycles. The molecule has 0 aliphatic rings. The van der Waals surface area contributed by atoms with Crippen LogP contribution in [0.3, 0.4) is 0 Å². The molecule has 0 bridgehead atoms. The topological polar surface area (TPSA) is 12.0 Å². The summed E-state index contributed by atoms with van der Waals surface area (Å²) in [4.78, 5) is 0. The van der Waals surface area contributed by atoms with E-state index in [0.29, 0.717) is 0 Å². The quantitative estimate of drug-likeness (QED) is 0.782. The van der Waals surface area contributed by atoms with E-state index in [0.717, 1.165) is 30.1 Å². The van der Waals surface area contributed by atoms with E-state index in [9.17, 15) is 0 Å². The van der Waals surface area contributed by atoms with Crippen molar-refractivity contribution in [2.75, 3.05) is 6.54 Å². The number of aryl methyl sites for hydroxylation is 1. The van der Waals surface area contributed by atoms with Crippen LogP contribution in [0.15, 0.2) is 42.5 Å². The molecular formula is C18H22ClN. The fourth-order valence-corrected chi connectivity index (χ4v) is 2.62. The molecule has 0 radical (unpaired) electrons. The van der Waals surface area contributed by atoms with Crippen LogP contribution < -0.4 is 5.32 Å². The van der Waals surface area contributed by atoms with E-state index in [2.05, 4.69) is 61.6 Å². The molecular weight excluding hydrogens is 266 g/mol. The second-order valence-electron chi connectivity index (χ2n) is 5.04. The highest BCUT2D eigenvalue weighted by atomic mass is 35.5. The lowest BCUT2D eigenvalue weighted by atomic mass is 10.0. The Labute approximate surface area is 127 Å². The van der Waals surface area contributed by atoms with Gasteiger partial charge >= 0.3 is 0 Å². The fraction of sp³-hybridized carbons (Fsp3) is 0.333. The first-order chi connectivity index (χ1) is 9.74. The SMILES string of the molecule is CCCc1ccc(-c2ccc(CNCC)cc2Cl)cc1. The van der Waals surface area contributed by atoms with Gasteiger partial charge in [-0.25, -0.2) is 0 Å². The smallest absolute Gasteiger partial charge is 0.0487 e. The van der Waals surface area contributed by atoms with E-state index in [-0.39, 0.29) is 0 Å². The largest absolute Gasteiger partial charge is 0.313 e. The van der Waals surface area contributed by atoms with Gasteiger partial charge in [-0.1, -0.05) is 68.3 Å². The van der Waals surface area contributed by atoms with E-state index in [1.807, 2.05) is 0 Å². The zero-order valence-electron chi connectivity index (χ0n) is 12.2. The summed E-state index contributed by atoms with van der Waals surface area (Å²) in [6.45, 7) is 6.14. The Kier molecular flexibility index (Phi) is 5.63. The Morgan fingerprint density at radius 3 is 2.25 bits per heavy atom. The van der Waals surface area contributed by atoms with Gasteiger partial charge in [-0.15, -0.1) is 0 Å². The molecule has 2 rings (SSSR count). The van der Waals surface area contributed by atoms with Crippen LogP contribution in [0.5, 0.6) is 0 Å². The maximum Gasteiger partial charge on any atom is 0.0487 e. The molecule has 0 heterocycles. The highest BCUT2D eigenvalue weighted by Crippen LogP contribution is 2.29. The van der Waals surface area contributed by atoms with Crippen molar-refractivity contribution < 1.29 is 0 Å². The highest BCUT2D eigenvalue weighted by Gasteiger charge is 2.05. The number of rotatable bonds is 6. The monoisotopic (exact) mass is 287 g/mol. The van der Waals surface area contributed by atoms with E-state index in [1.54, 1.807) is 0 Å². The number of nitrogens with one attached hydrogen (secondary N) is 1. The standard InChI is InChI=1S/C18H22ClN/c1-3-5-14-6-9-16(10-7-14)17-11-8-15(12-18(17)19)13-20-4-2/h6-12,20H,3-5,13H2,1-2H3. The van der Waals surface area contributed by atoms with Gasteiger partial charge in [-0.3, -0.25) is 0 Å². The molecule has 0 atom stereocenters. The van der Waals surface area contributed by atoms with Crippen LogP contribution in [0.25, 0.3) is 11.1 Å². The normalized spacial score (nSPS) is 10.8. The molecule has 106 valence electrons. The van der Waals surface area contributed by atoms with Crippen molar-refractivity contribution in [2.24, 2.45) is 0 Å². The summed E-state index contributed by atoms with van der Waals surface area (Å²) in [7, 11) is 0.